The predicted octanol–water partition coefficient (Wildman–Crippen LogP) is 5.73. The second-order valence-electron chi connectivity index (χ2n) is 11.3. The van der Waals surface area contributed by atoms with Crippen LogP contribution < -0.4 is 0 Å². The van der Waals surface area contributed by atoms with Crippen molar-refractivity contribution in [3.05, 3.63) is 47.6 Å². The van der Waals surface area contributed by atoms with E-state index in [9.17, 15) is 15.3 Å². The Labute approximate surface area is 189 Å². The molecule has 0 radical (unpaired) electrons. The Hall–Kier alpha value is -1.16. The third-order valence-electron chi connectivity index (χ3n) is 8.84. The van der Waals surface area contributed by atoms with Crippen LogP contribution in [0.4, 0.5) is 0 Å². The van der Waals surface area contributed by atoms with Gasteiger partial charge in [0.05, 0.1) is 17.8 Å². The molecule has 3 N–H and O–H groups in total. The van der Waals surface area contributed by atoms with Crippen molar-refractivity contribution in [2.24, 2.45) is 29.1 Å². The fraction of sp³-hybridized carbons (Fsp3) is 0.714. The topological polar surface area (TPSA) is 60.7 Å². The van der Waals surface area contributed by atoms with Crippen LogP contribution in [-0.4, -0.2) is 33.1 Å². The van der Waals surface area contributed by atoms with Gasteiger partial charge in [-0.1, -0.05) is 64.2 Å². The second kappa shape index (κ2) is 9.37. The van der Waals surface area contributed by atoms with Crippen LogP contribution in [0, 0.1) is 29.1 Å². The number of aliphatic hydroxyl groups is 3. The van der Waals surface area contributed by atoms with Crippen molar-refractivity contribution in [1.29, 1.82) is 0 Å². The largest absolute Gasteiger partial charge is 0.393 e. The quantitative estimate of drug-likeness (QED) is 0.490. The molecule has 3 aliphatic rings. The van der Waals surface area contributed by atoms with Crippen molar-refractivity contribution in [3.63, 3.8) is 0 Å². The highest BCUT2D eigenvalue weighted by Crippen LogP contribution is 2.59. The fourth-order valence-electron chi connectivity index (χ4n) is 6.28. The van der Waals surface area contributed by atoms with E-state index >= 15 is 0 Å². The third kappa shape index (κ3) is 5.10. The predicted molar refractivity (Wildman–Crippen MR) is 128 cm³/mol. The summed E-state index contributed by atoms with van der Waals surface area (Å²) in [6.07, 6.45) is 14.6. The van der Waals surface area contributed by atoms with Crippen LogP contribution in [0.1, 0.15) is 79.6 Å². The number of rotatable bonds is 5. The Morgan fingerprint density at radius 2 is 1.87 bits per heavy atom. The van der Waals surface area contributed by atoms with Crippen molar-refractivity contribution >= 4 is 0 Å². The van der Waals surface area contributed by atoms with E-state index in [1.54, 1.807) is 0 Å². The maximum absolute atomic E-state index is 10.6. The standard InChI is InChI=1S/C28H44O3/c1-18(2)28(6,31)15-13-19(3)24-11-12-25-21(8-7-14-27(24,25)5)9-10-22-16-23(29)17-26(30)20(22)4/h9-10,13,15,18-19,23-26,29-31H,4,7-8,11-12,14,16-17H2,1-3,5-6H3/b15-13+,21-9?,22-10?/t19-,23-,24-,25?,26+,27-,28+/m1/s1. The Bertz CT molecular complexity index is 756. The third-order valence-corrected chi connectivity index (χ3v) is 8.84. The van der Waals surface area contributed by atoms with Gasteiger partial charge in [0.25, 0.3) is 0 Å². The van der Waals surface area contributed by atoms with E-state index in [2.05, 4.69) is 52.5 Å². The van der Waals surface area contributed by atoms with Crippen LogP contribution in [0.2, 0.25) is 0 Å². The van der Waals surface area contributed by atoms with Gasteiger partial charge in [-0.05, 0) is 85.7 Å². The Morgan fingerprint density at radius 3 is 2.55 bits per heavy atom. The number of allylic oxidation sites excluding steroid dienone is 4. The SMILES string of the molecule is C=C1C(=CC=C2CCC[C@@]3(C)C2CC[C@@H]3[C@H](C)/C=C/[C@](C)(O)C(C)C)C[C@@H](O)C[C@@H]1O. The van der Waals surface area contributed by atoms with Crippen LogP contribution in [0.5, 0.6) is 0 Å². The van der Waals surface area contributed by atoms with E-state index in [0.29, 0.717) is 36.0 Å². The summed E-state index contributed by atoms with van der Waals surface area (Å²) in [5.41, 5.74) is 2.82. The first kappa shape index (κ1) is 24.5. The maximum atomic E-state index is 10.6. The Balaban J connectivity index is 1.78. The lowest BCUT2D eigenvalue weighted by Gasteiger charge is -2.44. The summed E-state index contributed by atoms with van der Waals surface area (Å²) < 4.78 is 0. The molecule has 3 saturated carbocycles. The fourth-order valence-corrected chi connectivity index (χ4v) is 6.28. The molecule has 3 nitrogen and oxygen atoms in total. The lowest BCUT2D eigenvalue weighted by molar-refractivity contribution is 0.0607. The van der Waals surface area contributed by atoms with Crippen LogP contribution in [0.3, 0.4) is 0 Å². The van der Waals surface area contributed by atoms with Crippen LogP contribution in [-0.2, 0) is 0 Å². The Kier molecular flexibility index (Phi) is 7.40. The highest BCUT2D eigenvalue weighted by molar-refractivity contribution is 5.38. The molecule has 0 bridgehead atoms. The summed E-state index contributed by atoms with van der Waals surface area (Å²) in [6.45, 7) is 14.9. The number of hydrogen-bond donors (Lipinski definition) is 3. The summed E-state index contributed by atoms with van der Waals surface area (Å²) in [7, 11) is 0. The average Bonchev–Trinajstić information content (AvgIpc) is 3.05. The smallest absolute Gasteiger partial charge is 0.0822 e. The molecule has 3 aliphatic carbocycles. The number of aliphatic hydroxyl groups excluding tert-OH is 2. The summed E-state index contributed by atoms with van der Waals surface area (Å²) in [5.74, 6) is 1.87. The molecule has 174 valence electrons. The molecule has 31 heavy (non-hydrogen) atoms. The molecule has 0 aliphatic heterocycles. The molecule has 0 saturated heterocycles. The molecule has 7 atom stereocenters. The van der Waals surface area contributed by atoms with Gasteiger partial charge >= 0.3 is 0 Å². The minimum atomic E-state index is -0.755. The number of hydrogen-bond acceptors (Lipinski definition) is 3. The molecule has 1 unspecified atom stereocenters. The average molecular weight is 429 g/mol. The lowest BCUT2D eigenvalue weighted by Crippen LogP contribution is -2.36. The zero-order valence-corrected chi connectivity index (χ0v) is 20.3. The highest BCUT2D eigenvalue weighted by Gasteiger charge is 2.50. The van der Waals surface area contributed by atoms with Gasteiger partial charge < -0.3 is 15.3 Å². The molecule has 3 fully saturated rings. The first-order valence-corrected chi connectivity index (χ1v) is 12.3. The summed E-state index contributed by atoms with van der Waals surface area (Å²) in [5, 5.41) is 30.8. The van der Waals surface area contributed by atoms with Crippen LogP contribution in [0.15, 0.2) is 47.6 Å². The van der Waals surface area contributed by atoms with Crippen LogP contribution >= 0.6 is 0 Å². The van der Waals surface area contributed by atoms with Gasteiger partial charge in [-0.25, -0.2) is 0 Å². The molecular formula is C28H44O3. The van der Waals surface area contributed by atoms with Gasteiger partial charge in [-0.15, -0.1) is 0 Å². The molecule has 3 heteroatoms. The molecule has 3 rings (SSSR count). The zero-order valence-electron chi connectivity index (χ0n) is 20.3. The normalized spacial score (nSPS) is 40.0. The van der Waals surface area contributed by atoms with E-state index in [4.69, 9.17) is 0 Å². The second-order valence-corrected chi connectivity index (χ2v) is 11.3. The van der Waals surface area contributed by atoms with Gasteiger partial charge in [-0.2, -0.15) is 0 Å². The molecular weight excluding hydrogens is 384 g/mol. The van der Waals surface area contributed by atoms with Crippen molar-refractivity contribution in [2.45, 2.75) is 97.4 Å². The van der Waals surface area contributed by atoms with Crippen molar-refractivity contribution in [2.75, 3.05) is 0 Å². The van der Waals surface area contributed by atoms with Gasteiger partial charge in [0.2, 0.25) is 0 Å². The van der Waals surface area contributed by atoms with Gasteiger partial charge in [0.1, 0.15) is 0 Å². The number of fused-ring (bicyclic) bond motifs is 1. The van der Waals surface area contributed by atoms with E-state index in [0.717, 1.165) is 17.6 Å². The molecule has 0 aromatic carbocycles. The van der Waals surface area contributed by atoms with E-state index in [1.165, 1.54) is 31.3 Å². The summed E-state index contributed by atoms with van der Waals surface area (Å²) in [4.78, 5) is 0. The van der Waals surface area contributed by atoms with Crippen molar-refractivity contribution < 1.29 is 15.3 Å². The molecule has 0 aromatic heterocycles. The van der Waals surface area contributed by atoms with Gasteiger partial charge in [0, 0.05) is 6.42 Å². The molecule has 0 aromatic rings. The minimum absolute atomic E-state index is 0.201. The first-order chi connectivity index (χ1) is 14.5. The highest BCUT2D eigenvalue weighted by atomic mass is 16.3. The Morgan fingerprint density at radius 1 is 1.16 bits per heavy atom. The summed E-state index contributed by atoms with van der Waals surface area (Å²) >= 11 is 0. The van der Waals surface area contributed by atoms with Gasteiger partial charge in [0.15, 0.2) is 0 Å². The van der Waals surface area contributed by atoms with Gasteiger partial charge in [-0.3, -0.25) is 0 Å². The van der Waals surface area contributed by atoms with E-state index in [1.807, 2.05) is 13.0 Å². The molecule has 0 spiro atoms. The van der Waals surface area contributed by atoms with Crippen molar-refractivity contribution in [1.82, 2.24) is 0 Å². The zero-order chi connectivity index (χ0) is 23.0. The minimum Gasteiger partial charge on any atom is -0.393 e. The molecule has 0 amide bonds. The van der Waals surface area contributed by atoms with E-state index in [-0.39, 0.29) is 5.92 Å². The summed E-state index contributed by atoms with van der Waals surface area (Å²) in [6, 6.07) is 0. The monoisotopic (exact) mass is 428 g/mol. The van der Waals surface area contributed by atoms with Crippen LogP contribution in [0.25, 0.3) is 0 Å². The maximum Gasteiger partial charge on any atom is 0.0822 e. The lowest BCUT2D eigenvalue weighted by atomic mass is 9.61. The molecule has 0 heterocycles. The van der Waals surface area contributed by atoms with E-state index < -0.39 is 17.8 Å². The first-order valence-electron chi connectivity index (χ1n) is 12.3. The van der Waals surface area contributed by atoms with Crippen molar-refractivity contribution in [3.8, 4) is 0 Å².